The fourth-order valence-corrected chi connectivity index (χ4v) is 3.70. The summed E-state index contributed by atoms with van der Waals surface area (Å²) in [5, 5.41) is 5.73. The summed E-state index contributed by atoms with van der Waals surface area (Å²) < 4.78 is 5.39. The molecule has 3 nitrogen and oxygen atoms in total. The van der Waals surface area contributed by atoms with Crippen molar-refractivity contribution in [1.29, 1.82) is 0 Å². The fourth-order valence-electron chi connectivity index (χ4n) is 2.72. The van der Waals surface area contributed by atoms with Crippen molar-refractivity contribution in [2.75, 3.05) is 18.2 Å². The standard InChI is InChI=1S/C21H20ClNO2S/c1-25-20-13-12-19(17-5-2-3-6-18(17)20)23-21(24)7-4-14-26-16-10-8-15(22)9-11-16/h2-3,5-6,8-13H,4,7,14H2,1H3,(H,23,24). The van der Waals surface area contributed by atoms with Gasteiger partial charge in [-0.15, -0.1) is 11.8 Å². The molecule has 0 bridgehead atoms. The van der Waals surface area contributed by atoms with Crippen LogP contribution in [0.3, 0.4) is 0 Å². The molecule has 0 spiro atoms. The maximum absolute atomic E-state index is 12.3. The molecule has 3 aromatic carbocycles. The number of methoxy groups -OCH3 is 1. The maximum atomic E-state index is 12.3. The number of hydrogen-bond donors (Lipinski definition) is 1. The number of carbonyl (C=O) groups excluding carboxylic acids is 1. The maximum Gasteiger partial charge on any atom is 0.224 e. The number of carbonyl (C=O) groups is 1. The van der Waals surface area contributed by atoms with Crippen LogP contribution in [0.5, 0.6) is 5.75 Å². The molecular weight excluding hydrogens is 366 g/mol. The monoisotopic (exact) mass is 385 g/mol. The fraction of sp³-hybridized carbons (Fsp3) is 0.190. The highest BCUT2D eigenvalue weighted by Crippen LogP contribution is 2.31. The van der Waals surface area contributed by atoms with Crippen molar-refractivity contribution in [3.63, 3.8) is 0 Å². The summed E-state index contributed by atoms with van der Waals surface area (Å²) in [4.78, 5) is 13.5. The quantitative estimate of drug-likeness (QED) is 0.399. The highest BCUT2D eigenvalue weighted by atomic mass is 35.5. The van der Waals surface area contributed by atoms with Gasteiger partial charge in [0.1, 0.15) is 5.75 Å². The molecule has 0 heterocycles. The molecular formula is C21H20ClNO2S. The van der Waals surface area contributed by atoms with Gasteiger partial charge in [-0.05, 0) is 48.6 Å². The van der Waals surface area contributed by atoms with Crippen LogP contribution in [0.15, 0.2) is 65.6 Å². The first-order chi connectivity index (χ1) is 12.7. The molecule has 3 aromatic rings. The van der Waals surface area contributed by atoms with Crippen LogP contribution in [0, 0.1) is 0 Å². The van der Waals surface area contributed by atoms with Crippen LogP contribution in [0.25, 0.3) is 10.8 Å². The molecule has 134 valence electrons. The van der Waals surface area contributed by atoms with Gasteiger partial charge in [0, 0.05) is 32.8 Å². The normalized spacial score (nSPS) is 10.7. The lowest BCUT2D eigenvalue weighted by Crippen LogP contribution is -2.11. The van der Waals surface area contributed by atoms with Crippen LogP contribution >= 0.6 is 23.4 Å². The molecule has 0 atom stereocenters. The second-order valence-electron chi connectivity index (χ2n) is 5.82. The minimum Gasteiger partial charge on any atom is -0.496 e. The Kier molecular flexibility index (Phi) is 6.42. The Labute approximate surface area is 162 Å². The second kappa shape index (κ2) is 8.97. The van der Waals surface area contributed by atoms with E-state index >= 15 is 0 Å². The molecule has 0 fully saturated rings. The van der Waals surface area contributed by atoms with E-state index in [9.17, 15) is 4.79 Å². The number of halogens is 1. The topological polar surface area (TPSA) is 38.3 Å². The van der Waals surface area contributed by atoms with E-state index in [1.165, 1.54) is 0 Å². The first-order valence-electron chi connectivity index (χ1n) is 8.41. The Balaban J connectivity index is 1.55. The molecule has 0 saturated heterocycles. The van der Waals surface area contributed by atoms with Gasteiger partial charge in [0.2, 0.25) is 5.91 Å². The second-order valence-corrected chi connectivity index (χ2v) is 7.42. The minimum atomic E-state index is 0.0250. The number of rotatable bonds is 7. The summed E-state index contributed by atoms with van der Waals surface area (Å²) in [6.45, 7) is 0. The molecule has 0 unspecified atom stereocenters. The Hall–Kier alpha value is -2.17. The summed E-state index contributed by atoms with van der Waals surface area (Å²) in [6, 6.07) is 19.4. The third-order valence-electron chi connectivity index (χ3n) is 4.01. The average Bonchev–Trinajstić information content (AvgIpc) is 2.67. The van der Waals surface area contributed by atoms with E-state index in [1.807, 2.05) is 60.7 Å². The smallest absolute Gasteiger partial charge is 0.224 e. The van der Waals surface area contributed by atoms with E-state index in [0.717, 1.165) is 44.3 Å². The number of amides is 1. The lowest BCUT2D eigenvalue weighted by Gasteiger charge is -2.11. The van der Waals surface area contributed by atoms with Crippen molar-refractivity contribution in [1.82, 2.24) is 0 Å². The molecule has 0 aliphatic rings. The van der Waals surface area contributed by atoms with Crippen LogP contribution in [0.1, 0.15) is 12.8 Å². The van der Waals surface area contributed by atoms with Gasteiger partial charge < -0.3 is 10.1 Å². The largest absolute Gasteiger partial charge is 0.496 e. The zero-order valence-corrected chi connectivity index (χ0v) is 16.1. The van der Waals surface area contributed by atoms with E-state index in [0.29, 0.717) is 6.42 Å². The Morgan fingerprint density at radius 1 is 1.04 bits per heavy atom. The highest BCUT2D eigenvalue weighted by Gasteiger charge is 2.09. The Morgan fingerprint density at radius 2 is 1.77 bits per heavy atom. The van der Waals surface area contributed by atoms with Crippen LogP contribution < -0.4 is 10.1 Å². The number of hydrogen-bond acceptors (Lipinski definition) is 3. The summed E-state index contributed by atoms with van der Waals surface area (Å²) in [5.74, 6) is 1.72. The molecule has 3 rings (SSSR count). The first kappa shape index (κ1) is 18.6. The summed E-state index contributed by atoms with van der Waals surface area (Å²) in [5.41, 5.74) is 0.816. The SMILES string of the molecule is COc1ccc(NC(=O)CCCSc2ccc(Cl)cc2)c2ccccc12. The number of thioether (sulfide) groups is 1. The molecule has 0 aliphatic carbocycles. The number of ether oxygens (including phenoxy) is 1. The van der Waals surface area contributed by atoms with Crippen LogP contribution in [-0.2, 0) is 4.79 Å². The van der Waals surface area contributed by atoms with E-state index in [2.05, 4.69) is 5.32 Å². The Bertz CT molecular complexity index is 896. The molecule has 1 amide bonds. The van der Waals surface area contributed by atoms with Crippen molar-refractivity contribution in [3.8, 4) is 5.75 Å². The molecule has 26 heavy (non-hydrogen) atoms. The summed E-state index contributed by atoms with van der Waals surface area (Å²) in [7, 11) is 1.65. The zero-order chi connectivity index (χ0) is 18.4. The van der Waals surface area contributed by atoms with Gasteiger partial charge in [0.15, 0.2) is 0 Å². The number of anilines is 1. The van der Waals surface area contributed by atoms with Gasteiger partial charge >= 0.3 is 0 Å². The molecule has 0 aromatic heterocycles. The van der Waals surface area contributed by atoms with Gasteiger partial charge in [0.25, 0.3) is 0 Å². The number of nitrogens with one attached hydrogen (secondary N) is 1. The van der Waals surface area contributed by atoms with Gasteiger partial charge in [-0.25, -0.2) is 0 Å². The molecule has 0 saturated carbocycles. The van der Waals surface area contributed by atoms with Crippen LogP contribution in [0.4, 0.5) is 5.69 Å². The molecule has 1 N–H and O–H groups in total. The van der Waals surface area contributed by atoms with Crippen molar-refractivity contribution < 1.29 is 9.53 Å². The van der Waals surface area contributed by atoms with Crippen LogP contribution in [-0.4, -0.2) is 18.8 Å². The van der Waals surface area contributed by atoms with E-state index in [-0.39, 0.29) is 5.91 Å². The summed E-state index contributed by atoms with van der Waals surface area (Å²) in [6.07, 6.45) is 1.30. The number of benzene rings is 3. The minimum absolute atomic E-state index is 0.0250. The predicted molar refractivity (Wildman–Crippen MR) is 111 cm³/mol. The molecule has 0 aliphatic heterocycles. The number of fused-ring (bicyclic) bond motifs is 1. The lowest BCUT2D eigenvalue weighted by molar-refractivity contribution is -0.116. The average molecular weight is 386 g/mol. The highest BCUT2D eigenvalue weighted by molar-refractivity contribution is 7.99. The van der Waals surface area contributed by atoms with Crippen LogP contribution in [0.2, 0.25) is 5.02 Å². The first-order valence-corrected chi connectivity index (χ1v) is 9.77. The third kappa shape index (κ3) is 4.71. The van der Waals surface area contributed by atoms with Gasteiger partial charge in [-0.2, -0.15) is 0 Å². The molecule has 5 heteroatoms. The van der Waals surface area contributed by atoms with E-state index in [1.54, 1.807) is 18.9 Å². The van der Waals surface area contributed by atoms with Gasteiger partial charge in [0.05, 0.1) is 7.11 Å². The Morgan fingerprint density at radius 3 is 2.50 bits per heavy atom. The van der Waals surface area contributed by atoms with Gasteiger partial charge in [-0.1, -0.05) is 35.9 Å². The van der Waals surface area contributed by atoms with Crippen molar-refractivity contribution in [2.45, 2.75) is 17.7 Å². The van der Waals surface area contributed by atoms with Crippen molar-refractivity contribution in [3.05, 3.63) is 65.7 Å². The summed E-state index contributed by atoms with van der Waals surface area (Å²) >= 11 is 7.61. The van der Waals surface area contributed by atoms with Crippen molar-refractivity contribution >= 4 is 45.7 Å². The third-order valence-corrected chi connectivity index (χ3v) is 5.36. The van der Waals surface area contributed by atoms with E-state index < -0.39 is 0 Å². The van der Waals surface area contributed by atoms with E-state index in [4.69, 9.17) is 16.3 Å². The van der Waals surface area contributed by atoms with Crippen molar-refractivity contribution in [2.24, 2.45) is 0 Å². The molecule has 0 radical (unpaired) electrons. The predicted octanol–water partition coefficient (Wildman–Crippen LogP) is 6.01. The lowest BCUT2D eigenvalue weighted by atomic mass is 10.1. The zero-order valence-electron chi connectivity index (χ0n) is 14.5. The van der Waals surface area contributed by atoms with Gasteiger partial charge in [-0.3, -0.25) is 4.79 Å².